The van der Waals surface area contributed by atoms with E-state index in [1.165, 1.54) is 25.7 Å². The van der Waals surface area contributed by atoms with Crippen molar-refractivity contribution in [2.75, 3.05) is 32.8 Å². The van der Waals surface area contributed by atoms with Gasteiger partial charge in [-0.1, -0.05) is 13.8 Å². The largest absolute Gasteiger partial charge is 0.345 e. The van der Waals surface area contributed by atoms with E-state index in [0.717, 1.165) is 43.9 Å². The monoisotopic (exact) mass is 346 g/mol. The Kier molecular flexibility index (Phi) is 7.89. The lowest BCUT2D eigenvalue weighted by Crippen LogP contribution is -2.57. The van der Waals surface area contributed by atoms with Gasteiger partial charge in [0.15, 0.2) is 0 Å². The molecule has 1 saturated carbocycles. The van der Waals surface area contributed by atoms with Crippen molar-refractivity contribution in [3.8, 4) is 0 Å². The van der Waals surface area contributed by atoms with E-state index >= 15 is 0 Å². The van der Waals surface area contributed by atoms with Gasteiger partial charge in [0.2, 0.25) is 0 Å². The van der Waals surface area contributed by atoms with Crippen LogP contribution >= 0.6 is 0 Å². The third kappa shape index (κ3) is 5.92. The molecular formula is C19H36F2N2O. The number of alkyl halides is 2. The van der Waals surface area contributed by atoms with Gasteiger partial charge in [-0.3, -0.25) is 9.80 Å². The van der Waals surface area contributed by atoms with Crippen molar-refractivity contribution in [3.05, 3.63) is 0 Å². The van der Waals surface area contributed by atoms with Crippen LogP contribution in [0.3, 0.4) is 0 Å². The van der Waals surface area contributed by atoms with Crippen LogP contribution in [0.5, 0.6) is 0 Å². The summed E-state index contributed by atoms with van der Waals surface area (Å²) in [5.74, 6) is 2.38. The van der Waals surface area contributed by atoms with E-state index in [0.29, 0.717) is 6.04 Å². The molecule has 2 fully saturated rings. The minimum Gasteiger partial charge on any atom is -0.321 e. The normalized spacial score (nSPS) is 30.6. The highest BCUT2D eigenvalue weighted by Gasteiger charge is 2.32. The Balaban J connectivity index is 1.86. The van der Waals surface area contributed by atoms with E-state index in [1.54, 1.807) is 0 Å². The van der Waals surface area contributed by atoms with Crippen molar-refractivity contribution in [1.29, 1.82) is 0 Å². The zero-order chi connectivity index (χ0) is 17.7. The Hall–Kier alpha value is -0.260. The first-order valence-electron chi connectivity index (χ1n) is 9.74. The molecule has 2 aliphatic rings. The molecule has 142 valence electrons. The second-order valence-electron chi connectivity index (χ2n) is 8.36. The van der Waals surface area contributed by atoms with Crippen LogP contribution in [-0.2, 0) is 4.74 Å². The van der Waals surface area contributed by atoms with Crippen LogP contribution in [0.1, 0.15) is 53.4 Å². The summed E-state index contributed by atoms with van der Waals surface area (Å²) in [5.41, 5.74) is 0. The standard InChI is InChI=1S/C19H36F2N2O/c1-14(2)17-7-5-16(6-8-17)11-23-10-9-22(15(3)4)12-18(23)13-24-19(20)21/h14-19H,5-13H2,1-4H3/t16?,17?,18-/m1/s1. The lowest BCUT2D eigenvalue weighted by molar-refractivity contribution is -0.148. The Morgan fingerprint density at radius 2 is 1.67 bits per heavy atom. The number of halogens is 2. The van der Waals surface area contributed by atoms with E-state index < -0.39 is 6.61 Å². The molecule has 5 heteroatoms. The third-order valence-electron chi connectivity index (χ3n) is 6.11. The van der Waals surface area contributed by atoms with Gasteiger partial charge in [-0.2, -0.15) is 8.78 Å². The highest BCUT2D eigenvalue weighted by atomic mass is 19.3. The van der Waals surface area contributed by atoms with E-state index in [1.807, 2.05) is 0 Å². The zero-order valence-corrected chi connectivity index (χ0v) is 15.9. The first-order valence-corrected chi connectivity index (χ1v) is 9.74. The molecule has 1 atom stereocenters. The lowest BCUT2D eigenvalue weighted by atomic mass is 9.76. The second-order valence-corrected chi connectivity index (χ2v) is 8.36. The van der Waals surface area contributed by atoms with Gasteiger partial charge in [-0.25, -0.2) is 0 Å². The number of hydrogen-bond acceptors (Lipinski definition) is 3. The van der Waals surface area contributed by atoms with Crippen LogP contribution in [0.2, 0.25) is 0 Å². The minimum absolute atomic E-state index is 0.0953. The summed E-state index contributed by atoms with van der Waals surface area (Å²) < 4.78 is 29.7. The van der Waals surface area contributed by atoms with Gasteiger partial charge >= 0.3 is 6.61 Å². The van der Waals surface area contributed by atoms with Crippen molar-refractivity contribution in [3.63, 3.8) is 0 Å². The maximum atomic E-state index is 12.5. The predicted octanol–water partition coefficient (Wildman–Crippen LogP) is 4.08. The van der Waals surface area contributed by atoms with E-state index in [9.17, 15) is 8.78 Å². The third-order valence-corrected chi connectivity index (χ3v) is 6.11. The molecule has 2 rings (SSSR count). The van der Waals surface area contributed by atoms with Crippen LogP contribution in [0.25, 0.3) is 0 Å². The van der Waals surface area contributed by atoms with Crippen LogP contribution < -0.4 is 0 Å². The summed E-state index contributed by atoms with van der Waals surface area (Å²) in [5, 5.41) is 0. The van der Waals surface area contributed by atoms with Gasteiger partial charge in [0.05, 0.1) is 6.61 Å². The molecule has 3 nitrogen and oxygen atoms in total. The number of ether oxygens (including phenoxy) is 1. The molecule has 0 spiro atoms. The van der Waals surface area contributed by atoms with Crippen molar-refractivity contribution < 1.29 is 13.5 Å². The summed E-state index contributed by atoms with van der Waals surface area (Å²) in [6.07, 6.45) is 5.23. The first-order chi connectivity index (χ1) is 11.4. The van der Waals surface area contributed by atoms with E-state index in [-0.39, 0.29) is 12.6 Å². The quantitative estimate of drug-likeness (QED) is 0.691. The molecule has 0 aromatic rings. The van der Waals surface area contributed by atoms with E-state index in [2.05, 4.69) is 42.2 Å². The SMILES string of the molecule is CC(C)C1CCC(CN2CCN(C(C)C)C[C@@H]2COC(F)F)CC1. The Labute approximate surface area is 146 Å². The molecule has 0 amide bonds. The predicted molar refractivity (Wildman–Crippen MR) is 94.3 cm³/mol. The molecule has 0 aromatic carbocycles. The Bertz CT molecular complexity index is 357. The van der Waals surface area contributed by atoms with Crippen LogP contribution in [0.15, 0.2) is 0 Å². The van der Waals surface area contributed by atoms with Crippen molar-refractivity contribution in [2.45, 2.75) is 72.1 Å². The van der Waals surface area contributed by atoms with Gasteiger partial charge in [-0.05, 0) is 57.3 Å². The number of piperazine rings is 1. The van der Waals surface area contributed by atoms with Gasteiger partial charge in [0, 0.05) is 38.3 Å². The van der Waals surface area contributed by atoms with Gasteiger partial charge in [-0.15, -0.1) is 0 Å². The maximum Gasteiger partial charge on any atom is 0.345 e. The van der Waals surface area contributed by atoms with Crippen molar-refractivity contribution in [2.24, 2.45) is 17.8 Å². The fraction of sp³-hybridized carbons (Fsp3) is 1.00. The average molecular weight is 347 g/mol. The number of rotatable bonds is 7. The van der Waals surface area contributed by atoms with Crippen LogP contribution in [-0.4, -0.2) is 61.3 Å². The molecule has 24 heavy (non-hydrogen) atoms. The van der Waals surface area contributed by atoms with Gasteiger partial charge < -0.3 is 4.74 Å². The maximum absolute atomic E-state index is 12.5. The van der Waals surface area contributed by atoms with Crippen molar-refractivity contribution in [1.82, 2.24) is 9.80 Å². The number of nitrogens with zero attached hydrogens (tertiary/aromatic N) is 2. The molecule has 1 heterocycles. The fourth-order valence-corrected chi connectivity index (χ4v) is 4.34. The first kappa shape index (κ1) is 20.1. The topological polar surface area (TPSA) is 15.7 Å². The molecule has 1 saturated heterocycles. The second kappa shape index (κ2) is 9.44. The minimum atomic E-state index is -2.66. The average Bonchev–Trinajstić information content (AvgIpc) is 2.54. The Morgan fingerprint density at radius 1 is 1.00 bits per heavy atom. The summed E-state index contributed by atoms with van der Waals surface area (Å²) in [4.78, 5) is 4.80. The molecule has 1 aliphatic carbocycles. The smallest absolute Gasteiger partial charge is 0.321 e. The van der Waals surface area contributed by atoms with Crippen LogP contribution in [0.4, 0.5) is 8.78 Å². The molecule has 0 bridgehead atoms. The van der Waals surface area contributed by atoms with Crippen molar-refractivity contribution >= 4 is 0 Å². The summed E-state index contributed by atoms with van der Waals surface area (Å²) in [6, 6.07) is 0.556. The van der Waals surface area contributed by atoms with Gasteiger partial charge in [0.25, 0.3) is 0 Å². The summed E-state index contributed by atoms with van der Waals surface area (Å²) >= 11 is 0. The molecule has 0 radical (unpaired) electrons. The fourth-order valence-electron chi connectivity index (χ4n) is 4.34. The molecular weight excluding hydrogens is 310 g/mol. The highest BCUT2D eigenvalue weighted by molar-refractivity contribution is 4.86. The number of hydrogen-bond donors (Lipinski definition) is 0. The van der Waals surface area contributed by atoms with Crippen LogP contribution in [0, 0.1) is 17.8 Å². The summed E-state index contributed by atoms with van der Waals surface area (Å²) in [6.45, 7) is 10.4. The Morgan fingerprint density at radius 3 is 2.21 bits per heavy atom. The van der Waals surface area contributed by atoms with Gasteiger partial charge in [0.1, 0.15) is 0 Å². The molecule has 0 N–H and O–H groups in total. The highest BCUT2D eigenvalue weighted by Crippen LogP contribution is 2.34. The molecule has 0 unspecified atom stereocenters. The van der Waals surface area contributed by atoms with E-state index in [4.69, 9.17) is 0 Å². The summed E-state index contributed by atoms with van der Waals surface area (Å²) in [7, 11) is 0. The molecule has 0 aromatic heterocycles. The lowest BCUT2D eigenvalue weighted by Gasteiger charge is -2.45. The molecule has 1 aliphatic heterocycles. The zero-order valence-electron chi connectivity index (χ0n) is 15.9.